The van der Waals surface area contributed by atoms with E-state index in [9.17, 15) is 0 Å². The molecule has 0 aliphatic carbocycles. The van der Waals surface area contributed by atoms with E-state index in [1.165, 1.54) is 88.3 Å². The van der Waals surface area contributed by atoms with Crippen LogP contribution in [0, 0.1) is 0 Å². The maximum atomic E-state index is 6.61. The lowest BCUT2D eigenvalue weighted by Gasteiger charge is -2.21. The van der Waals surface area contributed by atoms with Crippen molar-refractivity contribution in [3.63, 3.8) is 0 Å². The highest BCUT2D eigenvalue weighted by Crippen LogP contribution is 2.53. The van der Waals surface area contributed by atoms with Crippen LogP contribution in [0.5, 0.6) is 0 Å². The summed E-state index contributed by atoms with van der Waals surface area (Å²) in [6.45, 7) is 8.83. The van der Waals surface area contributed by atoms with Crippen LogP contribution in [0.1, 0.15) is 62.8 Å². The van der Waals surface area contributed by atoms with Crippen molar-refractivity contribution < 1.29 is 17.7 Å². The number of rotatable bonds is 10. The zero-order valence-electron chi connectivity index (χ0n) is 44.4. The van der Waals surface area contributed by atoms with Crippen LogP contribution in [-0.2, 0) is 25.7 Å². The highest BCUT2D eigenvalue weighted by Gasteiger charge is 2.28. The Morgan fingerprint density at radius 3 is 0.692 bits per heavy atom. The van der Waals surface area contributed by atoms with Crippen LogP contribution >= 0.6 is 0 Å². The van der Waals surface area contributed by atoms with Crippen molar-refractivity contribution in [1.82, 2.24) is 0 Å². The molecule has 4 heteroatoms. The van der Waals surface area contributed by atoms with Gasteiger partial charge in [-0.15, -0.1) is 0 Å². The van der Waals surface area contributed by atoms with Gasteiger partial charge in [0.15, 0.2) is 0 Å². The minimum absolute atomic E-state index is 0.885. The van der Waals surface area contributed by atoms with Crippen molar-refractivity contribution in [2.45, 2.75) is 66.2 Å². The van der Waals surface area contributed by atoms with Gasteiger partial charge in [-0.05, 0) is 187 Å². The third-order valence-corrected chi connectivity index (χ3v) is 16.8. The molecule has 0 amide bonds. The number of hydrogen-bond acceptors (Lipinski definition) is 4. The van der Waals surface area contributed by atoms with Crippen molar-refractivity contribution in [1.29, 1.82) is 0 Å². The lowest BCUT2D eigenvalue weighted by molar-refractivity contribution is 0.646. The van der Waals surface area contributed by atoms with Crippen LogP contribution in [0.25, 0.3) is 155 Å². The van der Waals surface area contributed by atoms with Gasteiger partial charge in [0, 0.05) is 43.8 Å². The zero-order valence-corrected chi connectivity index (χ0v) is 44.4. The molecule has 0 unspecified atom stereocenters. The quantitative estimate of drug-likeness (QED) is 0.101. The van der Waals surface area contributed by atoms with E-state index in [2.05, 4.69) is 222 Å². The Morgan fingerprint density at radius 1 is 0.231 bits per heavy atom. The minimum atomic E-state index is 0.885. The van der Waals surface area contributed by atoms with Crippen LogP contribution in [0.4, 0.5) is 0 Å². The number of benzene rings is 12. The molecule has 0 spiro atoms. The maximum Gasteiger partial charge on any atom is 0.136 e. The van der Waals surface area contributed by atoms with Gasteiger partial charge in [0.1, 0.15) is 44.7 Å². The van der Waals surface area contributed by atoms with Gasteiger partial charge in [0.25, 0.3) is 0 Å². The number of aryl methyl sites for hydroxylation is 4. The molecule has 0 saturated carbocycles. The molecule has 0 atom stereocenters. The predicted octanol–water partition coefficient (Wildman–Crippen LogP) is 21.8. The first kappa shape index (κ1) is 46.2. The van der Waals surface area contributed by atoms with Gasteiger partial charge in [-0.1, -0.05) is 162 Å². The normalized spacial score (nSPS) is 12.2. The van der Waals surface area contributed by atoms with E-state index in [0.717, 1.165) is 127 Å². The summed E-state index contributed by atoms with van der Waals surface area (Å²) in [5.74, 6) is 0. The van der Waals surface area contributed by atoms with Gasteiger partial charge < -0.3 is 17.7 Å². The first-order valence-corrected chi connectivity index (χ1v) is 27.9. The maximum absolute atomic E-state index is 6.61. The van der Waals surface area contributed by atoms with E-state index < -0.39 is 0 Å². The molecule has 4 aliphatic heterocycles. The highest BCUT2D eigenvalue weighted by atomic mass is 16.3. The summed E-state index contributed by atoms with van der Waals surface area (Å²) >= 11 is 0. The first-order chi connectivity index (χ1) is 38.5. The summed E-state index contributed by atoms with van der Waals surface area (Å²) in [6, 6.07) is 70.3. The molecule has 4 nitrogen and oxygen atoms in total. The third-order valence-electron chi connectivity index (χ3n) is 16.8. The summed E-state index contributed by atoms with van der Waals surface area (Å²) in [7, 11) is 0. The van der Waals surface area contributed by atoms with E-state index in [-0.39, 0.29) is 0 Å². The Hall–Kier alpha value is -9.12. The average Bonchev–Trinajstić information content (AvgIpc) is 2.40. The van der Waals surface area contributed by atoms with Crippen LogP contribution in [0.2, 0.25) is 0 Å². The van der Waals surface area contributed by atoms with Crippen LogP contribution in [0.3, 0.4) is 0 Å². The Labute approximate surface area is 452 Å². The van der Waals surface area contributed by atoms with E-state index in [4.69, 9.17) is 17.7 Å². The molecule has 4 aliphatic rings. The highest BCUT2D eigenvalue weighted by molar-refractivity contribution is 6.28. The molecule has 0 radical (unpaired) electrons. The van der Waals surface area contributed by atoms with Crippen molar-refractivity contribution in [3.8, 4) is 66.8 Å². The van der Waals surface area contributed by atoms with Crippen molar-refractivity contribution in [2.75, 3.05) is 0 Å². The molecule has 0 N–H and O–H groups in total. The Kier molecular flexibility index (Phi) is 10.8. The lowest BCUT2D eigenvalue weighted by Crippen LogP contribution is -1.96. The molecule has 12 aromatic rings. The minimum Gasteiger partial charge on any atom is -0.456 e. The monoisotopic (exact) mass is 1010 g/mol. The first-order valence-electron chi connectivity index (χ1n) is 27.9. The molecule has 376 valence electrons. The van der Waals surface area contributed by atoms with E-state index in [1.54, 1.807) is 0 Å². The molecule has 12 aromatic carbocycles. The van der Waals surface area contributed by atoms with Crippen molar-refractivity contribution in [3.05, 3.63) is 216 Å². The fourth-order valence-electron chi connectivity index (χ4n) is 12.9. The summed E-state index contributed by atoms with van der Waals surface area (Å²) in [5.41, 5.74) is 26.9. The summed E-state index contributed by atoms with van der Waals surface area (Å²) in [4.78, 5) is 0. The Balaban J connectivity index is 0.000000136. The molecule has 4 heterocycles. The second-order valence-electron chi connectivity index (χ2n) is 21.3. The SMILES string of the molecule is CCCc1ccc(-c2ccc3oc4ccc5c(-c6ccc(CCC)cc6)ccc6oc7ccc2c3c7-c4c65)cc1.CCc1ccc(-c2ccc3oc4ccc5c(-c6ccc(CC)cc6)ccc6oc7ccc2c3c7-c4c65)cc1. The Bertz CT molecular complexity index is 4480. The molecule has 0 bridgehead atoms. The van der Waals surface area contributed by atoms with E-state index in [1.807, 2.05) is 0 Å². The Morgan fingerprint density at radius 2 is 0.462 bits per heavy atom. The molecule has 78 heavy (non-hydrogen) atoms. The van der Waals surface area contributed by atoms with Crippen LogP contribution in [0.15, 0.2) is 212 Å². The van der Waals surface area contributed by atoms with Crippen LogP contribution < -0.4 is 0 Å². The topological polar surface area (TPSA) is 52.6 Å². The third kappa shape index (κ3) is 7.19. The molecule has 0 saturated heterocycles. The standard InChI is InChI=1S/C38H30O2.C36H26O2/c1-3-5-23-7-11-25(12-8-23)27-15-19-31-35-29(27)17-21-33-37(35)38-34(39-31)22-18-30-28(16-20-32(40-33)36(30)38)26-13-9-24(6-4-2)10-14-26;1-3-21-5-9-23(10-6-21)25-13-17-29-33-27(25)15-19-31-35(33)36-32(37-29)20-16-28-26(14-18-30(38-31)34(28)36)24-11-7-22(4-2)8-12-24/h7-22H,3-6H2,1-2H3;5-20H,3-4H2,1-2H3. The fourth-order valence-corrected chi connectivity index (χ4v) is 12.9. The summed E-state index contributed by atoms with van der Waals surface area (Å²) in [5, 5.41) is 9.28. The molecular formula is C74H56O4. The zero-order chi connectivity index (χ0) is 52.2. The number of hydrogen-bond donors (Lipinski definition) is 0. The van der Waals surface area contributed by atoms with Gasteiger partial charge in [-0.25, -0.2) is 0 Å². The summed E-state index contributed by atoms with van der Waals surface area (Å²) in [6.07, 6.45) is 6.60. The van der Waals surface area contributed by atoms with E-state index in [0.29, 0.717) is 0 Å². The van der Waals surface area contributed by atoms with Gasteiger partial charge in [-0.2, -0.15) is 0 Å². The average molecular weight is 1010 g/mol. The van der Waals surface area contributed by atoms with Crippen molar-refractivity contribution >= 4 is 87.8 Å². The van der Waals surface area contributed by atoms with Gasteiger partial charge in [-0.3, -0.25) is 0 Å². The largest absolute Gasteiger partial charge is 0.456 e. The van der Waals surface area contributed by atoms with Gasteiger partial charge in [0.2, 0.25) is 0 Å². The lowest BCUT2D eigenvalue weighted by atomic mass is 9.86. The summed E-state index contributed by atoms with van der Waals surface area (Å²) < 4.78 is 26.4. The molecule has 16 rings (SSSR count). The van der Waals surface area contributed by atoms with Crippen LogP contribution in [-0.4, -0.2) is 0 Å². The second kappa shape index (κ2) is 18.3. The second-order valence-corrected chi connectivity index (χ2v) is 21.3. The molecular weight excluding hydrogens is 953 g/mol. The molecule has 0 fully saturated rings. The fraction of sp³-hybridized carbons (Fsp3) is 0.135. The van der Waals surface area contributed by atoms with Crippen molar-refractivity contribution in [2.24, 2.45) is 0 Å². The smallest absolute Gasteiger partial charge is 0.136 e. The molecule has 0 aromatic heterocycles. The predicted molar refractivity (Wildman–Crippen MR) is 326 cm³/mol. The van der Waals surface area contributed by atoms with E-state index >= 15 is 0 Å². The van der Waals surface area contributed by atoms with Gasteiger partial charge in [0.05, 0.1) is 0 Å². The van der Waals surface area contributed by atoms with Gasteiger partial charge >= 0.3 is 0 Å².